The van der Waals surface area contributed by atoms with Crippen LogP contribution in [0.15, 0.2) is 6.20 Å². The zero-order valence-electron chi connectivity index (χ0n) is 7.95. The van der Waals surface area contributed by atoms with Crippen molar-refractivity contribution >= 4 is 5.95 Å². The maximum Gasteiger partial charge on any atom is 0.197 e. The summed E-state index contributed by atoms with van der Waals surface area (Å²) in [7, 11) is 2.16. The van der Waals surface area contributed by atoms with E-state index in [-0.39, 0.29) is 0 Å². The van der Waals surface area contributed by atoms with Crippen molar-refractivity contribution in [1.82, 2.24) is 14.9 Å². The van der Waals surface area contributed by atoms with Gasteiger partial charge in [-0.3, -0.25) is 0 Å². The van der Waals surface area contributed by atoms with E-state index in [1.165, 1.54) is 25.1 Å². The molecule has 72 valence electrons. The van der Waals surface area contributed by atoms with Crippen molar-refractivity contribution in [2.24, 2.45) is 0 Å². The van der Waals surface area contributed by atoms with Crippen molar-refractivity contribution in [3.8, 4) is 0 Å². The molecule has 1 saturated heterocycles. The lowest BCUT2D eigenvalue weighted by Crippen LogP contribution is -2.30. The number of likely N-dealkylation sites (tertiary alicyclic amines) is 1. The number of hydrogen-bond acceptors (Lipinski definition) is 3. The summed E-state index contributed by atoms with van der Waals surface area (Å²) in [6.07, 6.45) is 4.37. The number of anilines is 1. The first-order valence-electron chi connectivity index (χ1n) is 4.74. The highest BCUT2D eigenvalue weighted by Gasteiger charge is 2.19. The molecule has 1 atom stereocenters. The molecule has 0 aromatic carbocycles. The summed E-state index contributed by atoms with van der Waals surface area (Å²) in [4.78, 5) is 9.48. The Bertz CT molecular complexity index is 281. The average Bonchev–Trinajstić information content (AvgIpc) is 2.52. The van der Waals surface area contributed by atoms with Gasteiger partial charge in [0.05, 0.1) is 6.20 Å². The number of H-pyrrole nitrogens is 1. The molecule has 2 heterocycles. The smallest absolute Gasteiger partial charge is 0.197 e. The van der Waals surface area contributed by atoms with Crippen LogP contribution in [-0.2, 0) is 0 Å². The molecule has 0 bridgehead atoms. The van der Waals surface area contributed by atoms with E-state index in [1.807, 2.05) is 6.20 Å². The number of nitrogens with zero attached hydrogens (tertiary/aromatic N) is 2. The fraction of sp³-hybridized carbons (Fsp3) is 0.667. The zero-order chi connectivity index (χ0) is 9.26. The van der Waals surface area contributed by atoms with Crippen LogP contribution in [0.5, 0.6) is 0 Å². The van der Waals surface area contributed by atoms with Gasteiger partial charge in [0.25, 0.3) is 0 Å². The average molecular weight is 180 g/mol. The number of rotatable bonds is 1. The predicted octanol–water partition coefficient (Wildman–Crippen LogP) is 0.801. The topological polar surface area (TPSA) is 57.9 Å². The van der Waals surface area contributed by atoms with Gasteiger partial charge in [-0.05, 0) is 26.4 Å². The first-order valence-corrected chi connectivity index (χ1v) is 4.74. The molecule has 1 aliphatic rings. The molecule has 0 saturated carbocycles. The monoisotopic (exact) mass is 180 g/mol. The summed E-state index contributed by atoms with van der Waals surface area (Å²) in [5.41, 5.74) is 6.72. The third-order valence-electron chi connectivity index (χ3n) is 2.68. The van der Waals surface area contributed by atoms with E-state index in [4.69, 9.17) is 5.73 Å². The Hall–Kier alpha value is -1.03. The maximum absolute atomic E-state index is 5.54. The molecule has 4 nitrogen and oxygen atoms in total. The number of nitrogens with one attached hydrogen (secondary N) is 1. The third kappa shape index (κ3) is 1.83. The molecule has 13 heavy (non-hydrogen) atoms. The molecular weight excluding hydrogens is 164 g/mol. The Balaban J connectivity index is 2.08. The number of likely N-dealkylation sites (N-methyl/N-ethyl adjacent to an activating group) is 1. The highest BCUT2D eigenvalue weighted by molar-refractivity contribution is 5.21. The quantitative estimate of drug-likeness (QED) is 0.672. The molecule has 1 unspecified atom stereocenters. The molecule has 2 rings (SSSR count). The lowest BCUT2D eigenvalue weighted by atomic mass is 9.96. The summed E-state index contributed by atoms with van der Waals surface area (Å²) >= 11 is 0. The van der Waals surface area contributed by atoms with Crippen LogP contribution in [0.1, 0.15) is 24.5 Å². The van der Waals surface area contributed by atoms with Crippen LogP contribution in [0.25, 0.3) is 0 Å². The molecule has 1 aromatic heterocycles. The molecule has 4 heteroatoms. The number of nitrogens with two attached hydrogens (primary N) is 1. The van der Waals surface area contributed by atoms with E-state index in [0.29, 0.717) is 11.9 Å². The Kier molecular flexibility index (Phi) is 2.22. The van der Waals surface area contributed by atoms with E-state index < -0.39 is 0 Å². The second-order valence-electron chi connectivity index (χ2n) is 3.83. The van der Waals surface area contributed by atoms with Gasteiger partial charge in [-0.1, -0.05) is 0 Å². The number of nitrogen functional groups attached to an aromatic ring is 1. The lowest BCUT2D eigenvalue weighted by molar-refractivity contribution is 0.249. The number of imidazole rings is 1. The number of piperidine rings is 1. The van der Waals surface area contributed by atoms with Crippen molar-refractivity contribution in [3.63, 3.8) is 0 Å². The SMILES string of the molecule is CN1CCCC(c2cnc(N)[nH]2)C1. The normalized spacial score (nSPS) is 24.8. The number of aromatic amines is 1. The molecule has 1 aliphatic heterocycles. The highest BCUT2D eigenvalue weighted by atomic mass is 15.1. The van der Waals surface area contributed by atoms with Gasteiger partial charge in [0.15, 0.2) is 5.95 Å². The maximum atomic E-state index is 5.54. The van der Waals surface area contributed by atoms with Crippen molar-refractivity contribution in [3.05, 3.63) is 11.9 Å². The summed E-state index contributed by atoms with van der Waals surface area (Å²) in [5.74, 6) is 1.12. The van der Waals surface area contributed by atoms with Crippen molar-refractivity contribution in [2.75, 3.05) is 25.9 Å². The van der Waals surface area contributed by atoms with Crippen LogP contribution in [-0.4, -0.2) is 35.0 Å². The lowest BCUT2D eigenvalue weighted by Gasteiger charge is -2.28. The Morgan fingerprint density at radius 1 is 1.69 bits per heavy atom. The van der Waals surface area contributed by atoms with Crippen LogP contribution in [0.3, 0.4) is 0 Å². The van der Waals surface area contributed by atoms with E-state index in [2.05, 4.69) is 21.9 Å². The van der Waals surface area contributed by atoms with Crippen LogP contribution >= 0.6 is 0 Å². The van der Waals surface area contributed by atoms with Crippen molar-refractivity contribution in [1.29, 1.82) is 0 Å². The van der Waals surface area contributed by atoms with Gasteiger partial charge in [0, 0.05) is 18.2 Å². The number of hydrogen-bond donors (Lipinski definition) is 2. The summed E-state index contributed by atoms with van der Waals surface area (Å²) in [6, 6.07) is 0. The number of aromatic nitrogens is 2. The molecule has 0 radical (unpaired) electrons. The summed E-state index contributed by atoms with van der Waals surface area (Å²) < 4.78 is 0. The summed E-state index contributed by atoms with van der Waals surface area (Å²) in [5, 5.41) is 0. The van der Waals surface area contributed by atoms with Gasteiger partial charge in [-0.25, -0.2) is 4.98 Å². The van der Waals surface area contributed by atoms with Crippen LogP contribution < -0.4 is 5.73 Å². The third-order valence-corrected chi connectivity index (χ3v) is 2.68. The molecule has 0 aliphatic carbocycles. The van der Waals surface area contributed by atoms with Crippen LogP contribution in [0.2, 0.25) is 0 Å². The summed E-state index contributed by atoms with van der Waals surface area (Å²) in [6.45, 7) is 2.32. The molecule has 3 N–H and O–H groups in total. The minimum Gasteiger partial charge on any atom is -0.369 e. The first kappa shape index (κ1) is 8.56. The second-order valence-corrected chi connectivity index (χ2v) is 3.83. The van der Waals surface area contributed by atoms with Gasteiger partial charge < -0.3 is 15.6 Å². The van der Waals surface area contributed by atoms with Gasteiger partial charge in [0.1, 0.15) is 0 Å². The van der Waals surface area contributed by atoms with Crippen LogP contribution in [0.4, 0.5) is 5.95 Å². The van der Waals surface area contributed by atoms with Crippen LogP contribution in [0, 0.1) is 0 Å². The fourth-order valence-electron chi connectivity index (χ4n) is 1.98. The van der Waals surface area contributed by atoms with Gasteiger partial charge in [-0.15, -0.1) is 0 Å². The standard InChI is InChI=1S/C9H16N4/c1-13-4-2-3-7(6-13)8-5-11-9(10)12-8/h5,7H,2-4,6H2,1H3,(H3,10,11,12). The van der Waals surface area contributed by atoms with Gasteiger partial charge in [0.2, 0.25) is 0 Å². The van der Waals surface area contributed by atoms with E-state index in [9.17, 15) is 0 Å². The fourth-order valence-corrected chi connectivity index (χ4v) is 1.98. The Morgan fingerprint density at radius 2 is 2.54 bits per heavy atom. The minimum atomic E-state index is 0.531. The van der Waals surface area contributed by atoms with E-state index in [0.717, 1.165) is 6.54 Å². The zero-order valence-corrected chi connectivity index (χ0v) is 7.95. The molecule has 1 fully saturated rings. The first-order chi connectivity index (χ1) is 6.25. The van der Waals surface area contributed by atoms with E-state index >= 15 is 0 Å². The van der Waals surface area contributed by atoms with E-state index in [1.54, 1.807) is 0 Å². The van der Waals surface area contributed by atoms with Crippen molar-refractivity contribution < 1.29 is 0 Å². The second kappa shape index (κ2) is 3.38. The molecule has 0 amide bonds. The van der Waals surface area contributed by atoms with Crippen molar-refractivity contribution in [2.45, 2.75) is 18.8 Å². The predicted molar refractivity (Wildman–Crippen MR) is 52.5 cm³/mol. The molecule has 0 spiro atoms. The largest absolute Gasteiger partial charge is 0.369 e. The molecule has 1 aromatic rings. The minimum absolute atomic E-state index is 0.531. The van der Waals surface area contributed by atoms with Gasteiger partial charge >= 0.3 is 0 Å². The Labute approximate surface area is 78.1 Å². The Morgan fingerprint density at radius 3 is 3.15 bits per heavy atom. The van der Waals surface area contributed by atoms with Gasteiger partial charge in [-0.2, -0.15) is 0 Å². The highest BCUT2D eigenvalue weighted by Crippen LogP contribution is 2.24. The molecular formula is C9H16N4.